The van der Waals surface area contributed by atoms with Crippen LogP contribution < -0.4 is 0 Å². The summed E-state index contributed by atoms with van der Waals surface area (Å²) in [5.74, 6) is -0.592. The average Bonchev–Trinajstić information content (AvgIpc) is 2.63. The number of ether oxygens (including phenoxy) is 1. The molecule has 82 valence electrons. The van der Waals surface area contributed by atoms with Gasteiger partial charge in [-0.25, -0.2) is 0 Å². The van der Waals surface area contributed by atoms with Crippen LogP contribution in [0.25, 0.3) is 0 Å². The maximum atomic E-state index is 11.5. The molecule has 6 nitrogen and oxygen atoms in total. The van der Waals surface area contributed by atoms with Crippen molar-refractivity contribution < 1.29 is 14.3 Å². The summed E-state index contributed by atoms with van der Waals surface area (Å²) >= 11 is 0. The highest BCUT2D eigenvalue weighted by atomic mass is 16.5. The Labute approximate surface area is 87.2 Å². The van der Waals surface area contributed by atoms with Crippen LogP contribution >= 0.6 is 0 Å². The standard InChI is InChI=1S/C9H13N3O3/c1-6(15-3)8(13)4-9(14)7-5-12(2)11-10-7/h5-6H,4H2,1-3H3. The third-order valence-electron chi connectivity index (χ3n) is 2.03. The topological polar surface area (TPSA) is 74.1 Å². The average molecular weight is 211 g/mol. The summed E-state index contributed by atoms with van der Waals surface area (Å²) in [6.07, 6.45) is 0.714. The Morgan fingerprint density at radius 2 is 2.27 bits per heavy atom. The van der Waals surface area contributed by atoms with Gasteiger partial charge in [0.1, 0.15) is 11.8 Å². The predicted molar refractivity (Wildman–Crippen MR) is 51.4 cm³/mol. The molecule has 0 amide bonds. The molecule has 1 heterocycles. The van der Waals surface area contributed by atoms with Crippen LogP contribution in [0.3, 0.4) is 0 Å². The molecule has 1 atom stereocenters. The van der Waals surface area contributed by atoms with Gasteiger partial charge in [0.15, 0.2) is 11.6 Å². The van der Waals surface area contributed by atoms with Gasteiger partial charge in [-0.1, -0.05) is 5.21 Å². The third-order valence-corrected chi connectivity index (χ3v) is 2.03. The fourth-order valence-electron chi connectivity index (χ4n) is 0.999. The van der Waals surface area contributed by atoms with E-state index >= 15 is 0 Å². The lowest BCUT2D eigenvalue weighted by Gasteiger charge is -2.05. The highest BCUT2D eigenvalue weighted by molar-refractivity contribution is 6.07. The van der Waals surface area contributed by atoms with Gasteiger partial charge in [-0.05, 0) is 6.92 Å². The fraction of sp³-hybridized carbons (Fsp3) is 0.556. The second-order valence-corrected chi connectivity index (χ2v) is 3.22. The molecule has 0 spiro atoms. The first-order chi connectivity index (χ1) is 7.04. The number of nitrogens with zero attached hydrogens (tertiary/aromatic N) is 3. The second-order valence-electron chi connectivity index (χ2n) is 3.22. The number of rotatable bonds is 5. The second kappa shape index (κ2) is 4.79. The summed E-state index contributed by atoms with van der Waals surface area (Å²) in [6.45, 7) is 1.60. The van der Waals surface area contributed by atoms with E-state index in [1.807, 2.05) is 0 Å². The number of hydrogen-bond acceptors (Lipinski definition) is 5. The molecule has 0 aliphatic rings. The summed E-state index contributed by atoms with van der Waals surface area (Å²) in [5.41, 5.74) is 0.203. The van der Waals surface area contributed by atoms with Crippen molar-refractivity contribution in [3.8, 4) is 0 Å². The molecule has 0 saturated carbocycles. The van der Waals surface area contributed by atoms with Crippen molar-refractivity contribution in [3.05, 3.63) is 11.9 Å². The number of carbonyl (C=O) groups is 2. The first kappa shape index (κ1) is 11.5. The number of ketones is 2. The highest BCUT2D eigenvalue weighted by Crippen LogP contribution is 2.02. The maximum absolute atomic E-state index is 11.5. The van der Waals surface area contributed by atoms with Gasteiger partial charge < -0.3 is 4.74 Å². The molecular weight excluding hydrogens is 198 g/mol. The van der Waals surface area contributed by atoms with Gasteiger partial charge in [-0.2, -0.15) is 0 Å². The summed E-state index contributed by atoms with van der Waals surface area (Å²) in [7, 11) is 3.08. The van der Waals surface area contributed by atoms with E-state index in [1.54, 1.807) is 14.0 Å². The molecule has 1 unspecified atom stereocenters. The zero-order valence-electron chi connectivity index (χ0n) is 8.93. The van der Waals surface area contributed by atoms with E-state index in [9.17, 15) is 9.59 Å². The van der Waals surface area contributed by atoms with Crippen molar-refractivity contribution in [1.29, 1.82) is 0 Å². The van der Waals surface area contributed by atoms with E-state index in [-0.39, 0.29) is 23.7 Å². The summed E-state index contributed by atoms with van der Waals surface area (Å²) < 4.78 is 6.23. The molecule has 0 aliphatic carbocycles. The molecule has 0 saturated heterocycles. The summed E-state index contributed by atoms with van der Waals surface area (Å²) in [5, 5.41) is 7.24. The van der Waals surface area contributed by atoms with E-state index in [0.717, 1.165) is 0 Å². The molecule has 0 aromatic carbocycles. The smallest absolute Gasteiger partial charge is 0.192 e. The van der Waals surface area contributed by atoms with E-state index in [4.69, 9.17) is 4.74 Å². The maximum Gasteiger partial charge on any atom is 0.192 e. The Balaban J connectivity index is 2.60. The minimum Gasteiger partial charge on any atom is -0.374 e. The number of methoxy groups -OCH3 is 1. The number of carbonyl (C=O) groups excluding carboxylic acids is 2. The normalized spacial score (nSPS) is 12.5. The molecule has 0 aliphatic heterocycles. The van der Waals surface area contributed by atoms with Crippen molar-refractivity contribution in [3.63, 3.8) is 0 Å². The number of aryl methyl sites for hydroxylation is 1. The highest BCUT2D eigenvalue weighted by Gasteiger charge is 2.19. The summed E-state index contributed by atoms with van der Waals surface area (Å²) in [4.78, 5) is 22.9. The third kappa shape index (κ3) is 2.95. The number of hydrogen-bond donors (Lipinski definition) is 0. The van der Waals surface area contributed by atoms with Crippen LogP contribution in [0.2, 0.25) is 0 Å². The zero-order valence-corrected chi connectivity index (χ0v) is 8.93. The fourth-order valence-corrected chi connectivity index (χ4v) is 0.999. The first-order valence-corrected chi connectivity index (χ1v) is 4.49. The van der Waals surface area contributed by atoms with Crippen LogP contribution in [-0.2, 0) is 16.6 Å². The van der Waals surface area contributed by atoms with Gasteiger partial charge in [0.05, 0.1) is 12.6 Å². The monoisotopic (exact) mass is 211 g/mol. The lowest BCUT2D eigenvalue weighted by Crippen LogP contribution is -2.22. The SMILES string of the molecule is COC(C)C(=O)CC(=O)c1cn(C)nn1. The van der Waals surface area contributed by atoms with Crippen molar-refractivity contribution in [2.45, 2.75) is 19.4 Å². The minimum atomic E-state index is -0.564. The van der Waals surface area contributed by atoms with Crippen LogP contribution in [0.5, 0.6) is 0 Å². The molecule has 0 N–H and O–H groups in total. The van der Waals surface area contributed by atoms with Crippen molar-refractivity contribution in [2.75, 3.05) is 7.11 Å². The molecule has 6 heteroatoms. The van der Waals surface area contributed by atoms with Gasteiger partial charge in [0.25, 0.3) is 0 Å². The largest absolute Gasteiger partial charge is 0.374 e. The van der Waals surface area contributed by atoms with Crippen molar-refractivity contribution in [1.82, 2.24) is 15.0 Å². The van der Waals surface area contributed by atoms with Crippen LogP contribution in [-0.4, -0.2) is 39.8 Å². The summed E-state index contributed by atoms with van der Waals surface area (Å²) in [6, 6.07) is 0. The van der Waals surface area contributed by atoms with Gasteiger partial charge in [0, 0.05) is 14.2 Å². The first-order valence-electron chi connectivity index (χ1n) is 4.49. The Bertz CT molecular complexity index is 372. The Morgan fingerprint density at radius 1 is 1.60 bits per heavy atom. The molecule has 1 aromatic rings. The van der Waals surface area contributed by atoms with Crippen LogP contribution in [0.1, 0.15) is 23.8 Å². The molecule has 1 rings (SSSR count). The van der Waals surface area contributed by atoms with Crippen LogP contribution in [0, 0.1) is 0 Å². The van der Waals surface area contributed by atoms with E-state index in [0.29, 0.717) is 0 Å². The van der Waals surface area contributed by atoms with E-state index < -0.39 is 6.10 Å². The molecule has 15 heavy (non-hydrogen) atoms. The molecular formula is C9H13N3O3. The molecule has 0 fully saturated rings. The van der Waals surface area contributed by atoms with E-state index in [1.165, 1.54) is 18.0 Å². The van der Waals surface area contributed by atoms with Crippen LogP contribution in [0.15, 0.2) is 6.20 Å². The quantitative estimate of drug-likeness (QED) is 0.506. The Kier molecular flexibility index (Phi) is 3.68. The number of aromatic nitrogens is 3. The van der Waals surface area contributed by atoms with Crippen molar-refractivity contribution in [2.24, 2.45) is 7.05 Å². The van der Waals surface area contributed by atoms with Crippen molar-refractivity contribution >= 4 is 11.6 Å². The van der Waals surface area contributed by atoms with E-state index in [2.05, 4.69) is 10.3 Å². The van der Waals surface area contributed by atoms with Crippen LogP contribution in [0.4, 0.5) is 0 Å². The molecule has 1 aromatic heterocycles. The predicted octanol–water partition coefficient (Wildman–Crippen LogP) is -0.00810. The lowest BCUT2D eigenvalue weighted by molar-refractivity contribution is -0.126. The van der Waals surface area contributed by atoms with Gasteiger partial charge in [-0.15, -0.1) is 5.10 Å². The van der Waals surface area contributed by atoms with Gasteiger partial charge in [0.2, 0.25) is 0 Å². The minimum absolute atomic E-state index is 0.201. The lowest BCUT2D eigenvalue weighted by atomic mass is 10.1. The van der Waals surface area contributed by atoms with Gasteiger partial charge >= 0.3 is 0 Å². The molecule has 0 radical (unpaired) electrons. The molecule has 0 bridgehead atoms. The Hall–Kier alpha value is -1.56. The number of Topliss-reactive ketones (excluding diaryl/α,β-unsaturated/α-hetero) is 2. The van der Waals surface area contributed by atoms with Gasteiger partial charge in [-0.3, -0.25) is 14.3 Å². The zero-order chi connectivity index (χ0) is 11.4. The Morgan fingerprint density at radius 3 is 2.73 bits per heavy atom.